The van der Waals surface area contributed by atoms with Crippen LogP contribution in [-0.2, 0) is 6.42 Å². The molecule has 0 aliphatic heterocycles. The van der Waals surface area contributed by atoms with Crippen molar-refractivity contribution in [2.45, 2.75) is 20.3 Å². The molecule has 0 aromatic carbocycles. The molecule has 1 aromatic heterocycles. The number of nitrogens with one attached hydrogen (secondary N) is 1. The molecule has 1 N–H and O–H groups in total. The Hall–Kier alpha value is -1.63. The molecular formula is C8H9N3O. The second-order valence-corrected chi connectivity index (χ2v) is 2.55. The normalized spacial score (nSPS) is 9.42. The van der Waals surface area contributed by atoms with Crippen LogP contribution in [0.4, 0.5) is 0 Å². The topological polar surface area (TPSA) is 69.5 Å². The second-order valence-electron chi connectivity index (χ2n) is 2.55. The highest BCUT2D eigenvalue weighted by molar-refractivity contribution is 5.19. The number of hydrogen-bond acceptors (Lipinski definition) is 3. The molecule has 4 nitrogen and oxygen atoms in total. The third-order valence-corrected chi connectivity index (χ3v) is 1.60. The van der Waals surface area contributed by atoms with E-state index in [1.807, 2.05) is 6.07 Å². The molecule has 12 heavy (non-hydrogen) atoms. The highest BCUT2D eigenvalue weighted by Crippen LogP contribution is 1.98. The van der Waals surface area contributed by atoms with Crippen LogP contribution in [0, 0.1) is 25.2 Å². The van der Waals surface area contributed by atoms with E-state index in [9.17, 15) is 4.79 Å². The predicted molar refractivity (Wildman–Crippen MR) is 43.6 cm³/mol. The monoisotopic (exact) mass is 163 g/mol. The summed E-state index contributed by atoms with van der Waals surface area (Å²) in [5.74, 6) is 0.583. The quantitative estimate of drug-likeness (QED) is 0.653. The first-order valence-corrected chi connectivity index (χ1v) is 3.58. The minimum Gasteiger partial charge on any atom is -0.311 e. The summed E-state index contributed by atoms with van der Waals surface area (Å²) >= 11 is 0. The highest BCUT2D eigenvalue weighted by Gasteiger charge is 2.04. The highest BCUT2D eigenvalue weighted by atomic mass is 16.1. The average Bonchev–Trinajstić information content (AvgIpc) is 1.96. The van der Waals surface area contributed by atoms with Crippen molar-refractivity contribution < 1.29 is 0 Å². The molecule has 0 amide bonds. The van der Waals surface area contributed by atoms with E-state index in [1.165, 1.54) is 0 Å². The molecule has 0 saturated carbocycles. The fourth-order valence-corrected chi connectivity index (χ4v) is 1.04. The summed E-state index contributed by atoms with van der Waals surface area (Å²) in [6, 6.07) is 1.93. The summed E-state index contributed by atoms with van der Waals surface area (Å²) in [5, 5.41) is 8.41. The minimum absolute atomic E-state index is 0.119. The summed E-state index contributed by atoms with van der Waals surface area (Å²) in [4.78, 5) is 17.8. The zero-order valence-electron chi connectivity index (χ0n) is 7.01. The summed E-state index contributed by atoms with van der Waals surface area (Å²) in [5.41, 5.74) is 0.891. The van der Waals surface area contributed by atoms with Gasteiger partial charge in [-0.1, -0.05) is 0 Å². The summed E-state index contributed by atoms with van der Waals surface area (Å²) in [6.45, 7) is 3.44. The van der Waals surface area contributed by atoms with Crippen LogP contribution in [0.5, 0.6) is 0 Å². The van der Waals surface area contributed by atoms with Gasteiger partial charge in [0, 0.05) is 5.69 Å². The number of nitriles is 1. The van der Waals surface area contributed by atoms with Crippen LogP contribution < -0.4 is 5.56 Å². The van der Waals surface area contributed by atoms with Crippen LogP contribution in [0.15, 0.2) is 4.79 Å². The largest absolute Gasteiger partial charge is 0.311 e. The molecule has 0 aliphatic rings. The van der Waals surface area contributed by atoms with Crippen molar-refractivity contribution >= 4 is 0 Å². The van der Waals surface area contributed by atoms with Gasteiger partial charge in [-0.2, -0.15) is 5.26 Å². The first-order chi connectivity index (χ1) is 5.65. The van der Waals surface area contributed by atoms with Crippen molar-refractivity contribution in [1.82, 2.24) is 9.97 Å². The van der Waals surface area contributed by atoms with Gasteiger partial charge in [0.15, 0.2) is 0 Å². The molecule has 1 heterocycles. The molecule has 1 rings (SSSR count). The third-order valence-electron chi connectivity index (χ3n) is 1.60. The van der Waals surface area contributed by atoms with Gasteiger partial charge >= 0.3 is 0 Å². The first-order valence-electron chi connectivity index (χ1n) is 3.58. The molecule has 0 atom stereocenters. The third kappa shape index (κ3) is 1.51. The number of nitrogens with zero attached hydrogens (tertiary/aromatic N) is 2. The zero-order chi connectivity index (χ0) is 9.14. The van der Waals surface area contributed by atoms with Crippen LogP contribution in [0.3, 0.4) is 0 Å². The molecule has 0 spiro atoms. The van der Waals surface area contributed by atoms with Crippen molar-refractivity contribution in [3.63, 3.8) is 0 Å². The lowest BCUT2D eigenvalue weighted by atomic mass is 10.2. The molecule has 0 fully saturated rings. The van der Waals surface area contributed by atoms with Crippen molar-refractivity contribution in [1.29, 1.82) is 5.26 Å². The Labute approximate surface area is 69.9 Å². The Balaban J connectivity index is 3.31. The van der Waals surface area contributed by atoms with Gasteiger partial charge in [0.1, 0.15) is 5.82 Å². The van der Waals surface area contributed by atoms with Gasteiger partial charge in [0.2, 0.25) is 0 Å². The van der Waals surface area contributed by atoms with E-state index in [-0.39, 0.29) is 12.0 Å². The molecule has 0 unspecified atom stereocenters. The van der Waals surface area contributed by atoms with E-state index >= 15 is 0 Å². The fraction of sp³-hybridized carbons (Fsp3) is 0.375. The lowest BCUT2D eigenvalue weighted by Crippen LogP contribution is -2.17. The smallest absolute Gasteiger partial charge is 0.255 e. The van der Waals surface area contributed by atoms with Crippen molar-refractivity contribution in [3.8, 4) is 6.07 Å². The number of aromatic amines is 1. The maximum absolute atomic E-state index is 11.2. The van der Waals surface area contributed by atoms with Crippen molar-refractivity contribution in [2.75, 3.05) is 0 Å². The van der Waals surface area contributed by atoms with E-state index in [1.54, 1.807) is 13.8 Å². The Morgan fingerprint density at radius 3 is 2.75 bits per heavy atom. The molecule has 4 heteroatoms. The van der Waals surface area contributed by atoms with Gasteiger partial charge in [0.25, 0.3) is 5.56 Å². The van der Waals surface area contributed by atoms with Gasteiger partial charge in [-0.25, -0.2) is 4.98 Å². The van der Waals surface area contributed by atoms with Crippen LogP contribution in [0.2, 0.25) is 0 Å². The maximum atomic E-state index is 11.2. The molecule has 1 aromatic rings. The summed E-state index contributed by atoms with van der Waals surface area (Å²) < 4.78 is 0. The molecule has 0 saturated heterocycles. The minimum atomic E-state index is -0.207. The molecular weight excluding hydrogens is 154 g/mol. The molecule has 0 bridgehead atoms. The van der Waals surface area contributed by atoms with Gasteiger partial charge in [-0.3, -0.25) is 4.79 Å². The van der Waals surface area contributed by atoms with Gasteiger partial charge in [-0.15, -0.1) is 0 Å². The Morgan fingerprint density at radius 2 is 2.25 bits per heavy atom. The van der Waals surface area contributed by atoms with Crippen molar-refractivity contribution in [3.05, 3.63) is 27.4 Å². The van der Waals surface area contributed by atoms with Crippen LogP contribution in [-0.4, -0.2) is 9.97 Å². The standard InChI is InChI=1S/C8H9N3O/c1-5-7(3-4-9)8(12)11-6(2)10-5/h3H2,1-2H3,(H,10,11,12). The SMILES string of the molecule is Cc1nc(C)c(CC#N)c(=O)[nH]1. The van der Waals surface area contributed by atoms with Gasteiger partial charge < -0.3 is 4.98 Å². The molecule has 62 valence electrons. The van der Waals surface area contributed by atoms with E-state index < -0.39 is 0 Å². The lowest BCUT2D eigenvalue weighted by Gasteiger charge is -1.99. The Kier molecular flexibility index (Phi) is 2.24. The summed E-state index contributed by atoms with van der Waals surface area (Å²) in [6.07, 6.45) is 0.119. The Bertz CT molecular complexity index is 386. The number of rotatable bonds is 1. The van der Waals surface area contributed by atoms with E-state index in [0.29, 0.717) is 17.1 Å². The maximum Gasteiger partial charge on any atom is 0.255 e. The lowest BCUT2D eigenvalue weighted by molar-refractivity contribution is 0.937. The number of H-pyrrole nitrogens is 1. The van der Waals surface area contributed by atoms with E-state index in [2.05, 4.69) is 9.97 Å². The molecule has 0 aliphatic carbocycles. The van der Waals surface area contributed by atoms with E-state index in [4.69, 9.17) is 5.26 Å². The number of aromatic nitrogens is 2. The zero-order valence-corrected chi connectivity index (χ0v) is 7.01. The average molecular weight is 163 g/mol. The van der Waals surface area contributed by atoms with Gasteiger partial charge in [-0.05, 0) is 13.8 Å². The Morgan fingerprint density at radius 1 is 1.58 bits per heavy atom. The van der Waals surface area contributed by atoms with Crippen molar-refractivity contribution in [2.24, 2.45) is 0 Å². The van der Waals surface area contributed by atoms with E-state index in [0.717, 1.165) is 0 Å². The fourth-order valence-electron chi connectivity index (χ4n) is 1.04. The van der Waals surface area contributed by atoms with Gasteiger partial charge in [0.05, 0.1) is 18.1 Å². The van der Waals surface area contributed by atoms with Crippen LogP contribution >= 0.6 is 0 Å². The molecule has 0 radical (unpaired) electrons. The first kappa shape index (κ1) is 8.47. The predicted octanol–water partition coefficient (Wildman–Crippen LogP) is 0.453. The summed E-state index contributed by atoms with van der Waals surface area (Å²) in [7, 11) is 0. The number of hydrogen-bond donors (Lipinski definition) is 1. The second kappa shape index (κ2) is 3.18. The van der Waals surface area contributed by atoms with Crippen LogP contribution in [0.25, 0.3) is 0 Å². The number of aryl methyl sites for hydroxylation is 2. The van der Waals surface area contributed by atoms with Crippen LogP contribution in [0.1, 0.15) is 17.1 Å².